The van der Waals surface area contributed by atoms with E-state index in [4.69, 9.17) is 32.8 Å². The van der Waals surface area contributed by atoms with E-state index >= 15 is 0 Å². The minimum Gasteiger partial charge on any atom is -0.508 e. The molecule has 53 heavy (non-hydrogen) atoms. The van der Waals surface area contributed by atoms with Crippen molar-refractivity contribution in [1.82, 2.24) is 0 Å². The van der Waals surface area contributed by atoms with Gasteiger partial charge in [-0.15, -0.1) is 0 Å². The molecular formula is C33H40O20. The lowest BCUT2D eigenvalue weighted by atomic mass is 9.97. The van der Waals surface area contributed by atoms with E-state index in [9.17, 15) is 66.1 Å². The molecule has 0 saturated carbocycles. The molecule has 4 heterocycles. The summed E-state index contributed by atoms with van der Waals surface area (Å²) >= 11 is 0. The van der Waals surface area contributed by atoms with E-state index < -0.39 is 133 Å². The van der Waals surface area contributed by atoms with Gasteiger partial charge in [-0.05, 0) is 31.2 Å². The average Bonchev–Trinajstić information content (AvgIpc) is 3.12. The lowest BCUT2D eigenvalue weighted by molar-refractivity contribution is -0.362. The van der Waals surface area contributed by atoms with E-state index in [-0.39, 0.29) is 22.7 Å². The number of phenols is 3. The number of benzene rings is 2. The quantitative estimate of drug-likeness (QED) is 0.100. The van der Waals surface area contributed by atoms with Crippen LogP contribution in [-0.2, 0) is 23.7 Å². The maximum Gasteiger partial charge on any atom is 0.239 e. The standard InChI is InChI=1S/C33H40O20/c1-10-19(38)23(42)26(45)31(48-10)47-9-17-21(40)25(44)30(53-32-27(46)24(43)20(39)16(8-34)50-32)33(51-17)52-29-22(41)18-14(37)6-13(36)7-15(18)49-28(29)11-2-4-12(35)5-3-11/h2-7,10,16-17,19-21,23-27,30-40,42-46H,8-9H2,1H3/t10?,16?,17?,19-,20-,21+,23-,24-,25-,26?,27?,30?,31+,32-,33-/m0/s1. The number of phenolic OH excluding ortho intramolecular Hbond substituents is 3. The molecule has 0 amide bonds. The average molecular weight is 757 g/mol. The van der Waals surface area contributed by atoms with Crippen molar-refractivity contribution < 1.29 is 94.1 Å². The molecule has 3 aliphatic rings. The maximum absolute atomic E-state index is 14.0. The highest BCUT2D eigenvalue weighted by molar-refractivity contribution is 5.88. The third kappa shape index (κ3) is 7.52. The molecule has 0 aliphatic carbocycles. The number of aliphatic hydroxyl groups is 9. The summed E-state index contributed by atoms with van der Waals surface area (Å²) in [6.07, 6.45) is -26.1. The molecule has 2 aromatic carbocycles. The molecule has 20 nitrogen and oxygen atoms in total. The Morgan fingerprint density at radius 2 is 1.30 bits per heavy atom. The zero-order chi connectivity index (χ0) is 38.5. The molecule has 15 atom stereocenters. The van der Waals surface area contributed by atoms with Crippen molar-refractivity contribution in [2.24, 2.45) is 0 Å². The van der Waals surface area contributed by atoms with Gasteiger partial charge in [-0.3, -0.25) is 4.79 Å². The molecule has 292 valence electrons. The Kier molecular flexibility index (Phi) is 11.5. The summed E-state index contributed by atoms with van der Waals surface area (Å²) in [6, 6.07) is 7.05. The molecule has 3 aliphatic heterocycles. The molecular weight excluding hydrogens is 716 g/mol. The highest BCUT2D eigenvalue weighted by atomic mass is 16.8. The Morgan fingerprint density at radius 3 is 1.98 bits per heavy atom. The van der Waals surface area contributed by atoms with Gasteiger partial charge in [-0.25, -0.2) is 0 Å². The van der Waals surface area contributed by atoms with E-state index in [2.05, 4.69) is 0 Å². The number of aliphatic hydroxyl groups excluding tert-OH is 9. The largest absolute Gasteiger partial charge is 0.508 e. The van der Waals surface area contributed by atoms with Crippen LogP contribution in [0.2, 0.25) is 0 Å². The predicted molar refractivity (Wildman–Crippen MR) is 171 cm³/mol. The molecule has 0 bridgehead atoms. The third-order valence-electron chi connectivity index (χ3n) is 9.30. The van der Waals surface area contributed by atoms with Gasteiger partial charge in [0.05, 0.1) is 19.3 Å². The molecule has 1 aromatic heterocycles. The van der Waals surface area contributed by atoms with Gasteiger partial charge in [-0.2, -0.15) is 0 Å². The summed E-state index contributed by atoms with van der Waals surface area (Å²) in [4.78, 5) is 14.0. The van der Waals surface area contributed by atoms with E-state index in [1.165, 1.54) is 31.2 Å². The van der Waals surface area contributed by atoms with Crippen molar-refractivity contribution >= 4 is 11.0 Å². The first-order valence-electron chi connectivity index (χ1n) is 16.4. The number of ether oxygens (including phenoxy) is 6. The monoisotopic (exact) mass is 756 g/mol. The SMILES string of the molecule is CC1O[C@@H](OCC2O[C@@H](Oc3c(-c4ccc(O)cc4)oc4cc(O)cc(O)c4c3=O)C(O[C@@H]3OC(CO)[C@H](O)[C@H](O)C3O)[C@@H](O)[C@@H]2O)C(O)[C@@H](O)[C@H]1O. The summed E-state index contributed by atoms with van der Waals surface area (Å²) in [5.41, 5.74) is -1.23. The Hall–Kier alpha value is -3.71. The molecule has 6 unspecified atom stereocenters. The fourth-order valence-electron chi connectivity index (χ4n) is 6.25. The van der Waals surface area contributed by atoms with Gasteiger partial charge in [0.1, 0.15) is 89.3 Å². The van der Waals surface area contributed by atoms with Gasteiger partial charge < -0.3 is 94.1 Å². The van der Waals surface area contributed by atoms with Crippen LogP contribution < -0.4 is 10.2 Å². The fourth-order valence-corrected chi connectivity index (χ4v) is 6.25. The minimum atomic E-state index is -2.06. The van der Waals surface area contributed by atoms with Crippen LogP contribution in [0.4, 0.5) is 0 Å². The van der Waals surface area contributed by atoms with Crippen LogP contribution in [0.25, 0.3) is 22.3 Å². The number of aromatic hydroxyl groups is 3. The lowest BCUT2D eigenvalue weighted by Crippen LogP contribution is -2.65. The van der Waals surface area contributed by atoms with Gasteiger partial charge in [-0.1, -0.05) is 0 Å². The van der Waals surface area contributed by atoms with Gasteiger partial charge in [0, 0.05) is 17.7 Å². The third-order valence-corrected chi connectivity index (χ3v) is 9.30. The predicted octanol–water partition coefficient (Wildman–Crippen LogP) is -3.57. The second-order valence-electron chi connectivity index (χ2n) is 12.9. The normalized spacial score (nSPS) is 37.8. The molecule has 0 radical (unpaired) electrons. The first-order chi connectivity index (χ1) is 25.1. The van der Waals surface area contributed by atoms with E-state index in [1.807, 2.05) is 0 Å². The van der Waals surface area contributed by atoms with Gasteiger partial charge >= 0.3 is 0 Å². The molecule has 6 rings (SSSR count). The molecule has 3 aromatic rings. The van der Waals surface area contributed by atoms with Crippen molar-refractivity contribution in [1.29, 1.82) is 0 Å². The molecule has 0 spiro atoms. The summed E-state index contributed by atoms with van der Waals surface area (Å²) in [7, 11) is 0. The van der Waals surface area contributed by atoms with E-state index in [1.54, 1.807) is 0 Å². The van der Waals surface area contributed by atoms with Crippen molar-refractivity contribution in [3.8, 4) is 34.3 Å². The molecule has 3 fully saturated rings. The van der Waals surface area contributed by atoms with Crippen molar-refractivity contribution in [2.45, 2.75) is 99.0 Å². The van der Waals surface area contributed by atoms with Crippen LogP contribution in [-0.4, -0.2) is 167 Å². The van der Waals surface area contributed by atoms with Crippen molar-refractivity contribution in [3.05, 3.63) is 46.6 Å². The summed E-state index contributed by atoms with van der Waals surface area (Å²) < 4.78 is 40.0. The minimum absolute atomic E-state index is 0.112. The van der Waals surface area contributed by atoms with Crippen molar-refractivity contribution in [3.63, 3.8) is 0 Å². The zero-order valence-electron chi connectivity index (χ0n) is 27.7. The second kappa shape index (κ2) is 15.6. The molecule has 3 saturated heterocycles. The topological polar surface area (TPSA) is 328 Å². The molecule has 20 heteroatoms. The van der Waals surface area contributed by atoms with Gasteiger partial charge in [0.25, 0.3) is 0 Å². The fraction of sp³-hybridized carbons (Fsp3) is 0.545. The highest BCUT2D eigenvalue weighted by Gasteiger charge is 2.52. The van der Waals surface area contributed by atoms with Crippen LogP contribution in [0.15, 0.2) is 45.6 Å². The zero-order valence-corrected chi connectivity index (χ0v) is 27.7. The number of rotatable bonds is 9. The van der Waals surface area contributed by atoms with Gasteiger partial charge in [0.2, 0.25) is 17.5 Å². The van der Waals surface area contributed by atoms with Crippen LogP contribution in [0.5, 0.6) is 23.0 Å². The summed E-state index contributed by atoms with van der Waals surface area (Å²) in [6.45, 7) is -0.140. The number of hydrogen-bond acceptors (Lipinski definition) is 20. The number of hydrogen-bond donors (Lipinski definition) is 12. The van der Waals surface area contributed by atoms with Gasteiger partial charge in [0.15, 0.2) is 24.4 Å². The van der Waals surface area contributed by atoms with Crippen LogP contribution in [0, 0.1) is 0 Å². The Morgan fingerprint density at radius 1 is 0.679 bits per heavy atom. The highest BCUT2D eigenvalue weighted by Crippen LogP contribution is 2.38. The Bertz CT molecular complexity index is 1780. The Labute approximate surface area is 298 Å². The second-order valence-corrected chi connectivity index (χ2v) is 12.9. The lowest BCUT2D eigenvalue weighted by Gasteiger charge is -2.46. The van der Waals surface area contributed by atoms with Crippen molar-refractivity contribution in [2.75, 3.05) is 13.2 Å². The number of fused-ring (bicyclic) bond motifs is 1. The Balaban J connectivity index is 1.39. The van der Waals surface area contributed by atoms with E-state index in [0.717, 1.165) is 12.1 Å². The van der Waals surface area contributed by atoms with E-state index in [0.29, 0.717) is 0 Å². The smallest absolute Gasteiger partial charge is 0.239 e. The summed E-state index contributed by atoms with van der Waals surface area (Å²) in [5, 5.41) is 124. The van der Waals surface area contributed by atoms with Crippen LogP contribution >= 0.6 is 0 Å². The first kappa shape index (κ1) is 39.0. The summed E-state index contributed by atoms with van der Waals surface area (Å²) in [5.74, 6) is -2.39. The maximum atomic E-state index is 14.0. The van der Waals surface area contributed by atoms with Crippen LogP contribution in [0.3, 0.4) is 0 Å². The first-order valence-corrected chi connectivity index (χ1v) is 16.4. The molecule has 12 N–H and O–H groups in total. The van der Waals surface area contributed by atoms with Crippen LogP contribution in [0.1, 0.15) is 6.92 Å².